The van der Waals surface area contributed by atoms with Gasteiger partial charge in [0.2, 0.25) is 0 Å². The van der Waals surface area contributed by atoms with Crippen molar-refractivity contribution in [3.05, 3.63) is 15.6 Å². The molecule has 1 N–H and O–H groups in total. The van der Waals surface area contributed by atoms with Gasteiger partial charge in [0.05, 0.1) is 11.2 Å². The van der Waals surface area contributed by atoms with E-state index in [-0.39, 0.29) is 5.54 Å². The lowest BCUT2D eigenvalue weighted by Gasteiger charge is -2.41. The molecule has 21 heavy (non-hydrogen) atoms. The first kappa shape index (κ1) is 15.5. The molecule has 2 nitrogen and oxygen atoms in total. The number of aromatic nitrogens is 1. The highest BCUT2D eigenvalue weighted by molar-refractivity contribution is 7.11. The van der Waals surface area contributed by atoms with E-state index in [2.05, 4.69) is 33.0 Å². The van der Waals surface area contributed by atoms with Crippen LogP contribution in [0, 0.1) is 25.7 Å². The Morgan fingerprint density at radius 3 is 2.62 bits per heavy atom. The van der Waals surface area contributed by atoms with Gasteiger partial charge in [0.1, 0.15) is 5.01 Å². The van der Waals surface area contributed by atoms with E-state index in [1.807, 2.05) is 11.3 Å². The fourth-order valence-corrected chi connectivity index (χ4v) is 5.05. The predicted molar refractivity (Wildman–Crippen MR) is 90.8 cm³/mol. The van der Waals surface area contributed by atoms with Gasteiger partial charge in [-0.2, -0.15) is 0 Å². The Bertz CT molecular complexity index is 470. The van der Waals surface area contributed by atoms with Crippen LogP contribution in [0.15, 0.2) is 0 Å². The van der Waals surface area contributed by atoms with Gasteiger partial charge in [-0.3, -0.25) is 0 Å². The molecule has 3 rings (SSSR count). The molecule has 2 unspecified atom stereocenters. The molecule has 1 aromatic heterocycles. The van der Waals surface area contributed by atoms with E-state index in [0.29, 0.717) is 0 Å². The number of rotatable bonds is 5. The van der Waals surface area contributed by atoms with Gasteiger partial charge in [0, 0.05) is 10.9 Å². The van der Waals surface area contributed by atoms with Gasteiger partial charge < -0.3 is 5.32 Å². The second kappa shape index (κ2) is 6.00. The summed E-state index contributed by atoms with van der Waals surface area (Å²) in [5.41, 5.74) is 1.42. The highest BCUT2D eigenvalue weighted by Crippen LogP contribution is 2.45. The molecule has 0 aromatic carbocycles. The van der Waals surface area contributed by atoms with E-state index in [4.69, 9.17) is 4.98 Å². The van der Waals surface area contributed by atoms with Crippen molar-refractivity contribution in [1.29, 1.82) is 0 Å². The summed E-state index contributed by atoms with van der Waals surface area (Å²) in [6, 6.07) is 0.757. The van der Waals surface area contributed by atoms with Crippen LogP contribution in [0.5, 0.6) is 0 Å². The predicted octanol–water partition coefficient (Wildman–Crippen LogP) is 4.94. The normalized spacial score (nSPS) is 30.0. The summed E-state index contributed by atoms with van der Waals surface area (Å²) in [5.74, 6) is 1.68. The van der Waals surface area contributed by atoms with Crippen molar-refractivity contribution in [3.63, 3.8) is 0 Å². The maximum Gasteiger partial charge on any atom is 0.113 e. The first-order chi connectivity index (χ1) is 9.98. The third-order valence-electron chi connectivity index (χ3n) is 5.15. The Hall–Kier alpha value is -0.410. The molecule has 2 aliphatic rings. The van der Waals surface area contributed by atoms with Crippen molar-refractivity contribution in [1.82, 2.24) is 10.3 Å². The molecule has 2 saturated carbocycles. The molecule has 118 valence electrons. The number of hydrogen-bond donors (Lipinski definition) is 1. The maximum absolute atomic E-state index is 4.96. The highest BCUT2D eigenvalue weighted by atomic mass is 32.1. The van der Waals surface area contributed by atoms with E-state index in [9.17, 15) is 0 Å². The molecule has 0 spiro atoms. The van der Waals surface area contributed by atoms with Crippen LogP contribution < -0.4 is 5.32 Å². The van der Waals surface area contributed by atoms with E-state index in [1.165, 1.54) is 60.5 Å². The van der Waals surface area contributed by atoms with Gasteiger partial charge >= 0.3 is 0 Å². The lowest BCUT2D eigenvalue weighted by Crippen LogP contribution is -2.47. The Balaban J connectivity index is 1.85. The zero-order valence-corrected chi connectivity index (χ0v) is 14.9. The number of nitrogens with one attached hydrogen (secondary N) is 1. The fraction of sp³-hybridized carbons (Fsp3) is 0.833. The summed E-state index contributed by atoms with van der Waals surface area (Å²) in [5, 5.41) is 5.39. The largest absolute Gasteiger partial charge is 0.303 e. The number of aryl methyl sites for hydroxylation is 2. The quantitative estimate of drug-likeness (QED) is 0.833. The molecule has 0 saturated heterocycles. The minimum absolute atomic E-state index is 0.183. The average Bonchev–Trinajstić information content (AvgIpc) is 3.14. The molecule has 2 fully saturated rings. The Morgan fingerprint density at radius 2 is 2.05 bits per heavy atom. The smallest absolute Gasteiger partial charge is 0.113 e. The Morgan fingerprint density at radius 1 is 1.29 bits per heavy atom. The molecule has 0 amide bonds. The minimum Gasteiger partial charge on any atom is -0.303 e. The van der Waals surface area contributed by atoms with Gasteiger partial charge in [0.15, 0.2) is 0 Å². The molecular weight excluding hydrogens is 276 g/mol. The highest BCUT2D eigenvalue weighted by Gasteiger charge is 2.43. The van der Waals surface area contributed by atoms with Crippen molar-refractivity contribution in [2.45, 2.75) is 84.2 Å². The standard InChI is InChI=1S/C18H30N2S/c1-12(2)10-15-6-5-9-18(11-15,20-16-7-8-16)17-19-13(3)14(4)21-17/h12,15-16,20H,5-11H2,1-4H3. The van der Waals surface area contributed by atoms with Gasteiger partial charge in [0.25, 0.3) is 0 Å². The van der Waals surface area contributed by atoms with Crippen molar-refractivity contribution in [2.24, 2.45) is 11.8 Å². The van der Waals surface area contributed by atoms with E-state index < -0.39 is 0 Å². The topological polar surface area (TPSA) is 24.9 Å². The Labute approximate surface area is 133 Å². The molecule has 1 aromatic rings. The van der Waals surface area contributed by atoms with E-state index in [0.717, 1.165) is 17.9 Å². The van der Waals surface area contributed by atoms with Crippen molar-refractivity contribution in [2.75, 3.05) is 0 Å². The van der Waals surface area contributed by atoms with Crippen LogP contribution in [0.4, 0.5) is 0 Å². The van der Waals surface area contributed by atoms with Crippen LogP contribution in [-0.2, 0) is 5.54 Å². The zero-order valence-electron chi connectivity index (χ0n) is 14.0. The SMILES string of the molecule is Cc1nc(C2(NC3CC3)CCCC(CC(C)C)C2)sc1C. The second-order valence-electron chi connectivity index (χ2n) is 7.75. The molecule has 2 atom stereocenters. The van der Waals surface area contributed by atoms with Crippen LogP contribution in [0.3, 0.4) is 0 Å². The summed E-state index contributed by atoms with van der Waals surface area (Å²) < 4.78 is 0. The van der Waals surface area contributed by atoms with E-state index >= 15 is 0 Å². The zero-order chi connectivity index (χ0) is 15.0. The molecule has 2 aliphatic carbocycles. The summed E-state index contributed by atoms with van der Waals surface area (Å²) >= 11 is 1.94. The molecule has 0 radical (unpaired) electrons. The maximum atomic E-state index is 4.96. The first-order valence-corrected chi connectivity index (χ1v) is 9.52. The van der Waals surface area contributed by atoms with Gasteiger partial charge in [-0.15, -0.1) is 11.3 Å². The second-order valence-corrected chi connectivity index (χ2v) is 8.96. The summed E-state index contributed by atoms with van der Waals surface area (Å²) in [6.07, 6.45) is 9.44. The number of nitrogens with zero attached hydrogens (tertiary/aromatic N) is 1. The lowest BCUT2D eigenvalue weighted by atomic mass is 9.73. The van der Waals surface area contributed by atoms with Crippen molar-refractivity contribution < 1.29 is 0 Å². The van der Waals surface area contributed by atoms with Gasteiger partial charge in [-0.05, 0) is 57.8 Å². The Kier molecular flexibility index (Phi) is 4.42. The molecule has 0 bridgehead atoms. The summed E-state index contributed by atoms with van der Waals surface area (Å²) in [6.45, 7) is 9.11. The molecule has 3 heteroatoms. The molecular formula is C18H30N2S. The summed E-state index contributed by atoms with van der Waals surface area (Å²) in [4.78, 5) is 6.35. The van der Waals surface area contributed by atoms with E-state index in [1.54, 1.807) is 0 Å². The summed E-state index contributed by atoms with van der Waals surface area (Å²) in [7, 11) is 0. The third kappa shape index (κ3) is 3.50. The van der Waals surface area contributed by atoms with Crippen LogP contribution in [-0.4, -0.2) is 11.0 Å². The van der Waals surface area contributed by atoms with Crippen LogP contribution in [0.25, 0.3) is 0 Å². The molecule has 0 aliphatic heterocycles. The monoisotopic (exact) mass is 306 g/mol. The van der Waals surface area contributed by atoms with Gasteiger partial charge in [-0.1, -0.05) is 26.7 Å². The number of hydrogen-bond acceptors (Lipinski definition) is 3. The van der Waals surface area contributed by atoms with Crippen molar-refractivity contribution >= 4 is 11.3 Å². The molecule has 1 heterocycles. The lowest BCUT2D eigenvalue weighted by molar-refractivity contribution is 0.159. The van der Waals surface area contributed by atoms with Crippen LogP contribution in [0.2, 0.25) is 0 Å². The number of thiazole rings is 1. The first-order valence-electron chi connectivity index (χ1n) is 8.71. The van der Waals surface area contributed by atoms with Gasteiger partial charge in [-0.25, -0.2) is 4.98 Å². The van der Waals surface area contributed by atoms with Crippen LogP contribution >= 0.6 is 11.3 Å². The van der Waals surface area contributed by atoms with Crippen LogP contribution in [0.1, 0.15) is 74.4 Å². The van der Waals surface area contributed by atoms with Crippen molar-refractivity contribution in [3.8, 4) is 0 Å². The minimum atomic E-state index is 0.183. The third-order valence-corrected chi connectivity index (χ3v) is 6.43. The fourth-order valence-electron chi connectivity index (χ4n) is 3.94. The average molecular weight is 307 g/mol.